The van der Waals surface area contributed by atoms with Gasteiger partial charge in [-0.15, -0.1) is 22.7 Å². The van der Waals surface area contributed by atoms with Crippen LogP contribution >= 0.6 is 22.7 Å². The van der Waals surface area contributed by atoms with Crippen LogP contribution in [0.5, 0.6) is 5.75 Å². The molecule has 0 atom stereocenters. The fourth-order valence-electron chi connectivity index (χ4n) is 3.51. The van der Waals surface area contributed by atoms with Gasteiger partial charge in [0.05, 0.1) is 6.10 Å². The molecule has 1 fully saturated rings. The third-order valence-corrected chi connectivity index (χ3v) is 6.94. The predicted octanol–water partition coefficient (Wildman–Crippen LogP) is 4.66. The van der Waals surface area contributed by atoms with Crippen molar-refractivity contribution in [2.24, 2.45) is 0 Å². The molecule has 3 aromatic rings. The molecule has 1 amide bonds. The highest BCUT2D eigenvalue weighted by Crippen LogP contribution is 2.26. The summed E-state index contributed by atoms with van der Waals surface area (Å²) in [5, 5.41) is 4.87. The molecule has 2 aromatic heterocycles. The summed E-state index contributed by atoms with van der Waals surface area (Å²) >= 11 is 3.33. The molecule has 5 nitrogen and oxygen atoms in total. The molecule has 1 aromatic carbocycles. The summed E-state index contributed by atoms with van der Waals surface area (Å²) in [5.74, 6) is 0.883. The van der Waals surface area contributed by atoms with Crippen LogP contribution in [0, 0.1) is 0 Å². The molecule has 0 aliphatic carbocycles. The molecule has 0 N–H and O–H groups in total. The van der Waals surface area contributed by atoms with Crippen LogP contribution in [0.1, 0.15) is 29.2 Å². The Morgan fingerprint density at radius 2 is 1.87 bits per heavy atom. The van der Waals surface area contributed by atoms with Gasteiger partial charge < -0.3 is 9.64 Å². The number of amides is 1. The highest BCUT2D eigenvalue weighted by molar-refractivity contribution is 7.13. The number of benzene rings is 1. The number of thiazole rings is 1. The number of thiophene rings is 1. The Bertz CT molecular complexity index is 943. The SMILES string of the molecule is CC(C)Oc1ccc(-c2nc(C(=O)N3CCN(CCc4cccs4)CC3)cs2)cc1. The number of rotatable bonds is 7. The van der Waals surface area contributed by atoms with E-state index in [2.05, 4.69) is 27.4 Å². The van der Waals surface area contributed by atoms with E-state index < -0.39 is 0 Å². The van der Waals surface area contributed by atoms with Crippen LogP contribution in [0.4, 0.5) is 0 Å². The lowest BCUT2D eigenvalue weighted by Gasteiger charge is -2.34. The molecule has 0 saturated carbocycles. The van der Waals surface area contributed by atoms with Crippen molar-refractivity contribution < 1.29 is 9.53 Å². The first-order chi connectivity index (χ1) is 14.6. The normalized spacial score (nSPS) is 15.0. The lowest BCUT2D eigenvalue weighted by Crippen LogP contribution is -2.49. The minimum absolute atomic E-state index is 0.0372. The smallest absolute Gasteiger partial charge is 0.273 e. The second-order valence-corrected chi connectivity index (χ2v) is 9.58. The number of piperazine rings is 1. The Morgan fingerprint density at radius 3 is 2.53 bits per heavy atom. The van der Waals surface area contributed by atoms with Gasteiger partial charge >= 0.3 is 0 Å². The molecular weight excluding hydrogens is 414 g/mol. The fourth-order valence-corrected chi connectivity index (χ4v) is 5.01. The Hall–Kier alpha value is -2.22. The molecule has 1 saturated heterocycles. The van der Waals surface area contributed by atoms with Gasteiger partial charge in [0.25, 0.3) is 5.91 Å². The molecule has 3 heterocycles. The third-order valence-electron chi connectivity index (χ3n) is 5.11. The minimum atomic E-state index is 0.0372. The monoisotopic (exact) mass is 441 g/mol. The van der Waals surface area contributed by atoms with E-state index >= 15 is 0 Å². The summed E-state index contributed by atoms with van der Waals surface area (Å²) < 4.78 is 5.69. The van der Waals surface area contributed by atoms with Gasteiger partial charge in [-0.25, -0.2) is 4.98 Å². The zero-order valence-corrected chi connectivity index (χ0v) is 19.0. The largest absolute Gasteiger partial charge is 0.491 e. The lowest BCUT2D eigenvalue weighted by molar-refractivity contribution is 0.0634. The summed E-state index contributed by atoms with van der Waals surface area (Å²) in [6.07, 6.45) is 1.23. The Balaban J connectivity index is 1.31. The number of aromatic nitrogens is 1. The van der Waals surface area contributed by atoms with Gasteiger partial charge in [-0.05, 0) is 56.0 Å². The average Bonchev–Trinajstić information content (AvgIpc) is 3.45. The molecule has 1 aliphatic heterocycles. The first-order valence-corrected chi connectivity index (χ1v) is 12.1. The molecular formula is C23H27N3O2S2. The number of nitrogens with zero attached hydrogens (tertiary/aromatic N) is 3. The molecule has 1 aliphatic rings. The molecule has 4 rings (SSSR count). The van der Waals surface area contributed by atoms with Crippen molar-refractivity contribution in [3.05, 3.63) is 57.7 Å². The van der Waals surface area contributed by atoms with Crippen molar-refractivity contribution in [1.29, 1.82) is 0 Å². The van der Waals surface area contributed by atoms with E-state index in [4.69, 9.17) is 4.74 Å². The van der Waals surface area contributed by atoms with Crippen LogP contribution in [0.3, 0.4) is 0 Å². The minimum Gasteiger partial charge on any atom is -0.491 e. The van der Waals surface area contributed by atoms with E-state index in [9.17, 15) is 4.79 Å². The van der Waals surface area contributed by atoms with Crippen LogP contribution < -0.4 is 4.74 Å². The van der Waals surface area contributed by atoms with E-state index in [1.807, 2.05) is 59.7 Å². The molecule has 0 bridgehead atoms. The van der Waals surface area contributed by atoms with E-state index in [-0.39, 0.29) is 12.0 Å². The average molecular weight is 442 g/mol. The summed E-state index contributed by atoms with van der Waals surface area (Å²) in [5.41, 5.74) is 1.55. The van der Waals surface area contributed by atoms with Gasteiger partial charge in [-0.3, -0.25) is 9.69 Å². The zero-order valence-electron chi connectivity index (χ0n) is 17.4. The fraction of sp³-hybridized carbons (Fsp3) is 0.391. The molecule has 30 heavy (non-hydrogen) atoms. The van der Waals surface area contributed by atoms with Crippen LogP contribution in [0.25, 0.3) is 10.6 Å². The summed E-state index contributed by atoms with van der Waals surface area (Å²) in [6.45, 7) is 8.44. The van der Waals surface area contributed by atoms with E-state index in [1.165, 1.54) is 16.2 Å². The zero-order chi connectivity index (χ0) is 20.9. The van der Waals surface area contributed by atoms with E-state index in [1.54, 1.807) is 0 Å². The van der Waals surface area contributed by atoms with Crippen LogP contribution in [0.2, 0.25) is 0 Å². The number of carbonyl (C=O) groups excluding carboxylic acids is 1. The number of hydrogen-bond donors (Lipinski definition) is 0. The Morgan fingerprint density at radius 1 is 1.10 bits per heavy atom. The van der Waals surface area contributed by atoms with Crippen molar-refractivity contribution >= 4 is 28.6 Å². The maximum Gasteiger partial charge on any atom is 0.273 e. The molecule has 0 radical (unpaired) electrons. The van der Waals surface area contributed by atoms with Gasteiger partial charge in [0.2, 0.25) is 0 Å². The third kappa shape index (κ3) is 5.28. The van der Waals surface area contributed by atoms with Gasteiger partial charge in [0, 0.05) is 48.5 Å². The van der Waals surface area contributed by atoms with Crippen molar-refractivity contribution in [2.45, 2.75) is 26.4 Å². The summed E-state index contributed by atoms with van der Waals surface area (Å²) in [7, 11) is 0. The standard InChI is InChI=1S/C23H27N3O2S2/c1-17(2)28-19-7-5-18(6-8-19)22-24-21(16-30-22)23(27)26-13-11-25(12-14-26)10-9-20-4-3-15-29-20/h3-8,15-17H,9-14H2,1-2H3. The van der Waals surface area contributed by atoms with Crippen LogP contribution in [0.15, 0.2) is 47.2 Å². The first-order valence-electron chi connectivity index (χ1n) is 10.3. The number of ether oxygens (including phenoxy) is 1. The number of carbonyl (C=O) groups is 1. The van der Waals surface area contributed by atoms with Crippen molar-refractivity contribution in [2.75, 3.05) is 32.7 Å². The van der Waals surface area contributed by atoms with Crippen LogP contribution in [-0.4, -0.2) is 59.5 Å². The topological polar surface area (TPSA) is 45.7 Å². The highest BCUT2D eigenvalue weighted by atomic mass is 32.1. The number of hydrogen-bond acceptors (Lipinski definition) is 6. The highest BCUT2D eigenvalue weighted by Gasteiger charge is 2.24. The van der Waals surface area contributed by atoms with Crippen molar-refractivity contribution in [1.82, 2.24) is 14.8 Å². The van der Waals surface area contributed by atoms with Crippen molar-refractivity contribution in [3.63, 3.8) is 0 Å². The van der Waals surface area contributed by atoms with Gasteiger partial charge in [-0.2, -0.15) is 0 Å². The first kappa shape index (κ1) is 21.0. The lowest BCUT2D eigenvalue weighted by atomic mass is 10.2. The van der Waals surface area contributed by atoms with E-state index in [0.29, 0.717) is 5.69 Å². The van der Waals surface area contributed by atoms with E-state index in [0.717, 1.165) is 55.5 Å². The molecule has 0 spiro atoms. The maximum absolute atomic E-state index is 12.9. The van der Waals surface area contributed by atoms with Gasteiger partial charge in [0.1, 0.15) is 16.5 Å². The second kappa shape index (κ2) is 9.73. The van der Waals surface area contributed by atoms with Crippen molar-refractivity contribution in [3.8, 4) is 16.3 Å². The van der Waals surface area contributed by atoms with Gasteiger partial charge in [-0.1, -0.05) is 6.07 Å². The molecule has 7 heteroatoms. The predicted molar refractivity (Wildman–Crippen MR) is 124 cm³/mol. The maximum atomic E-state index is 12.9. The summed E-state index contributed by atoms with van der Waals surface area (Å²) in [4.78, 5) is 23.3. The van der Waals surface area contributed by atoms with Crippen LogP contribution in [-0.2, 0) is 6.42 Å². The molecule has 0 unspecified atom stereocenters. The second-order valence-electron chi connectivity index (χ2n) is 7.69. The Kier molecular flexibility index (Phi) is 6.82. The summed E-state index contributed by atoms with van der Waals surface area (Å²) in [6, 6.07) is 12.2. The Labute approximate surface area is 185 Å². The quantitative estimate of drug-likeness (QED) is 0.535. The molecule has 158 valence electrons. The van der Waals surface area contributed by atoms with Gasteiger partial charge in [0.15, 0.2) is 0 Å².